The predicted molar refractivity (Wildman–Crippen MR) is 124 cm³/mol. The minimum absolute atomic E-state index is 0.126. The van der Waals surface area contributed by atoms with Crippen LogP contribution in [-0.4, -0.2) is 51.0 Å². The average Bonchev–Trinajstić information content (AvgIpc) is 3.18. The Labute approximate surface area is 192 Å². The lowest BCUT2D eigenvalue weighted by atomic mass is 10.1. The molecule has 1 saturated heterocycles. The van der Waals surface area contributed by atoms with Crippen molar-refractivity contribution < 1.29 is 14.4 Å². The van der Waals surface area contributed by atoms with Crippen LogP contribution in [0, 0.1) is 0 Å². The quantitative estimate of drug-likeness (QED) is 0.300. The maximum absolute atomic E-state index is 12.2. The number of thioether (sulfide) groups is 2. The van der Waals surface area contributed by atoms with Gasteiger partial charge in [0.25, 0.3) is 0 Å². The lowest BCUT2D eigenvalue weighted by Crippen LogP contribution is -2.56. The van der Waals surface area contributed by atoms with Gasteiger partial charge in [-0.15, -0.1) is 22.0 Å². The first kappa shape index (κ1) is 23.5. The van der Waals surface area contributed by atoms with E-state index in [4.69, 9.17) is 0 Å². The van der Waals surface area contributed by atoms with E-state index in [1.807, 2.05) is 37.3 Å². The highest BCUT2D eigenvalue weighted by molar-refractivity contribution is 8.01. The van der Waals surface area contributed by atoms with Crippen LogP contribution in [0.15, 0.2) is 34.7 Å². The Hall–Kier alpha value is -2.15. The molecule has 2 unspecified atom stereocenters. The zero-order valence-electron chi connectivity index (χ0n) is 16.9. The molecule has 0 radical (unpaired) electrons. The molecule has 1 fully saturated rings. The SMILES string of the molecule is CCSc1nnc(NC(=O)CSC2NC(=O)CC(CC(=O)NCc3ccccc3)N2)s1. The number of anilines is 1. The fraction of sp³-hybridized carbons (Fsp3) is 0.421. The molecule has 1 aromatic carbocycles. The van der Waals surface area contributed by atoms with Crippen molar-refractivity contribution in [1.29, 1.82) is 0 Å². The van der Waals surface area contributed by atoms with E-state index in [2.05, 4.69) is 31.5 Å². The molecule has 2 aromatic rings. The first-order chi connectivity index (χ1) is 15.0. The van der Waals surface area contributed by atoms with Crippen molar-refractivity contribution >= 4 is 57.7 Å². The van der Waals surface area contributed by atoms with Crippen molar-refractivity contribution in [3.63, 3.8) is 0 Å². The summed E-state index contributed by atoms with van der Waals surface area (Å²) < 4.78 is 0.806. The van der Waals surface area contributed by atoms with Crippen molar-refractivity contribution in [3.05, 3.63) is 35.9 Å². The smallest absolute Gasteiger partial charge is 0.236 e. The van der Waals surface area contributed by atoms with Gasteiger partial charge in [-0.3, -0.25) is 25.0 Å². The molecule has 1 aliphatic heterocycles. The molecule has 4 N–H and O–H groups in total. The molecule has 1 aliphatic rings. The first-order valence-corrected chi connectivity index (χ1v) is 12.6. The maximum atomic E-state index is 12.2. The van der Waals surface area contributed by atoms with Crippen molar-refractivity contribution in [2.45, 2.75) is 42.2 Å². The molecule has 9 nitrogen and oxygen atoms in total. The molecule has 2 atom stereocenters. The molecular formula is C19H24N6O3S3. The van der Waals surface area contributed by atoms with Gasteiger partial charge in [0.2, 0.25) is 22.9 Å². The van der Waals surface area contributed by atoms with Crippen LogP contribution >= 0.6 is 34.9 Å². The fourth-order valence-corrected chi connectivity index (χ4v) is 5.37. The standard InChI is InChI=1S/C19H24N6O3S3/c1-2-29-19-25-24-18(31-19)23-16(28)11-30-17-21-13(9-15(27)22-17)8-14(26)20-10-12-6-4-3-5-7-12/h3-7,13,17,21H,2,8-11H2,1H3,(H,20,26)(H,22,27)(H,23,24,28). The van der Waals surface area contributed by atoms with E-state index in [1.54, 1.807) is 11.8 Å². The Bertz CT molecular complexity index is 895. The van der Waals surface area contributed by atoms with E-state index in [9.17, 15) is 14.4 Å². The second kappa shape index (κ2) is 12.0. The van der Waals surface area contributed by atoms with Crippen LogP contribution in [0.25, 0.3) is 0 Å². The Balaban J connectivity index is 1.40. The van der Waals surface area contributed by atoms with Crippen LogP contribution < -0.4 is 21.3 Å². The number of carbonyl (C=O) groups excluding carboxylic acids is 3. The van der Waals surface area contributed by atoms with Gasteiger partial charge in [0.05, 0.1) is 5.75 Å². The number of hydrogen-bond donors (Lipinski definition) is 4. The van der Waals surface area contributed by atoms with E-state index in [1.165, 1.54) is 23.1 Å². The van der Waals surface area contributed by atoms with Crippen LogP contribution in [0.1, 0.15) is 25.3 Å². The molecule has 3 rings (SSSR count). The second-order valence-electron chi connectivity index (χ2n) is 6.65. The molecular weight excluding hydrogens is 456 g/mol. The van der Waals surface area contributed by atoms with Gasteiger partial charge in [0.1, 0.15) is 5.50 Å². The summed E-state index contributed by atoms with van der Waals surface area (Å²) in [6.07, 6.45) is 0.400. The second-order valence-corrected chi connectivity index (χ2v) is 10.2. The number of benzene rings is 1. The van der Waals surface area contributed by atoms with E-state index >= 15 is 0 Å². The van der Waals surface area contributed by atoms with E-state index in [0.29, 0.717) is 11.7 Å². The lowest BCUT2D eigenvalue weighted by Gasteiger charge is -2.30. The number of rotatable bonds is 10. The van der Waals surface area contributed by atoms with E-state index < -0.39 is 5.50 Å². The zero-order chi connectivity index (χ0) is 22.1. The zero-order valence-corrected chi connectivity index (χ0v) is 19.4. The topological polar surface area (TPSA) is 125 Å². The normalized spacial score (nSPS) is 18.3. The molecule has 0 bridgehead atoms. The largest absolute Gasteiger partial charge is 0.352 e. The molecule has 0 saturated carbocycles. The Morgan fingerprint density at radius 1 is 1.23 bits per heavy atom. The summed E-state index contributed by atoms with van der Waals surface area (Å²) in [6.45, 7) is 2.47. The Kier molecular flexibility index (Phi) is 9.13. The Morgan fingerprint density at radius 3 is 2.81 bits per heavy atom. The van der Waals surface area contributed by atoms with Crippen molar-refractivity contribution in [1.82, 2.24) is 26.1 Å². The van der Waals surface area contributed by atoms with Gasteiger partial charge >= 0.3 is 0 Å². The third-order valence-electron chi connectivity index (χ3n) is 4.18. The number of nitrogens with zero attached hydrogens (tertiary/aromatic N) is 2. The van der Waals surface area contributed by atoms with Crippen LogP contribution in [0.4, 0.5) is 5.13 Å². The average molecular weight is 481 g/mol. The highest BCUT2D eigenvalue weighted by Crippen LogP contribution is 2.25. The molecule has 3 amide bonds. The Morgan fingerprint density at radius 2 is 2.03 bits per heavy atom. The summed E-state index contributed by atoms with van der Waals surface area (Å²) >= 11 is 4.14. The monoisotopic (exact) mass is 480 g/mol. The molecule has 2 heterocycles. The van der Waals surface area contributed by atoms with Crippen LogP contribution in [0.2, 0.25) is 0 Å². The number of nitrogens with one attached hydrogen (secondary N) is 4. The third kappa shape index (κ3) is 8.13. The van der Waals surface area contributed by atoms with Crippen molar-refractivity contribution in [3.8, 4) is 0 Å². The number of amides is 3. The summed E-state index contributed by atoms with van der Waals surface area (Å²) in [4.78, 5) is 36.5. The van der Waals surface area contributed by atoms with Gasteiger partial charge in [0, 0.05) is 25.4 Å². The highest BCUT2D eigenvalue weighted by atomic mass is 32.2. The number of carbonyl (C=O) groups is 3. The van der Waals surface area contributed by atoms with Gasteiger partial charge in [-0.1, -0.05) is 60.4 Å². The summed E-state index contributed by atoms with van der Waals surface area (Å²) in [5, 5.41) is 20.0. The van der Waals surface area contributed by atoms with Gasteiger partial charge in [-0.25, -0.2) is 0 Å². The van der Waals surface area contributed by atoms with Crippen LogP contribution in [-0.2, 0) is 20.9 Å². The molecule has 12 heteroatoms. The van der Waals surface area contributed by atoms with Crippen molar-refractivity contribution in [2.75, 3.05) is 16.8 Å². The molecule has 0 spiro atoms. The number of aromatic nitrogens is 2. The van der Waals surface area contributed by atoms with Gasteiger partial charge in [-0.05, 0) is 11.3 Å². The molecule has 1 aromatic heterocycles. The third-order valence-corrected chi connectivity index (χ3v) is 7.05. The van der Waals surface area contributed by atoms with Gasteiger partial charge in [-0.2, -0.15) is 0 Å². The first-order valence-electron chi connectivity index (χ1n) is 9.75. The molecule has 31 heavy (non-hydrogen) atoms. The fourth-order valence-electron chi connectivity index (χ4n) is 2.81. The van der Waals surface area contributed by atoms with E-state index in [-0.39, 0.29) is 42.4 Å². The summed E-state index contributed by atoms with van der Waals surface area (Å²) in [6, 6.07) is 9.35. The van der Waals surface area contributed by atoms with E-state index in [0.717, 1.165) is 15.7 Å². The van der Waals surface area contributed by atoms with Gasteiger partial charge in [0.15, 0.2) is 4.34 Å². The lowest BCUT2D eigenvalue weighted by molar-refractivity contribution is -0.125. The summed E-state index contributed by atoms with van der Waals surface area (Å²) in [7, 11) is 0. The minimum Gasteiger partial charge on any atom is -0.352 e. The highest BCUT2D eigenvalue weighted by Gasteiger charge is 2.28. The summed E-state index contributed by atoms with van der Waals surface area (Å²) in [5.74, 6) is 0.503. The minimum atomic E-state index is -0.445. The molecule has 166 valence electrons. The van der Waals surface area contributed by atoms with Crippen molar-refractivity contribution in [2.24, 2.45) is 0 Å². The van der Waals surface area contributed by atoms with Crippen LogP contribution in [0.3, 0.4) is 0 Å². The number of hydrogen-bond acceptors (Lipinski definition) is 9. The predicted octanol–water partition coefficient (Wildman–Crippen LogP) is 1.79. The molecule has 0 aliphatic carbocycles. The summed E-state index contributed by atoms with van der Waals surface area (Å²) in [5.41, 5.74) is 0.569. The van der Waals surface area contributed by atoms with Crippen LogP contribution in [0.5, 0.6) is 0 Å². The van der Waals surface area contributed by atoms with Gasteiger partial charge < -0.3 is 10.6 Å². The maximum Gasteiger partial charge on any atom is 0.236 e.